The molecule has 17 heavy (non-hydrogen) atoms. The van der Waals surface area contributed by atoms with E-state index in [0.717, 1.165) is 24.8 Å². The first-order valence-electron chi connectivity index (χ1n) is 6.26. The second-order valence-corrected chi connectivity index (χ2v) is 5.77. The molecule has 3 nitrogen and oxygen atoms in total. The Bertz CT molecular complexity index is 392. The Morgan fingerprint density at radius 2 is 2.00 bits per heavy atom. The number of carbonyl (C=O) groups is 2. The molecule has 94 valence electrons. The smallest absolute Gasteiger partial charge is 0.316 e. The summed E-state index contributed by atoms with van der Waals surface area (Å²) in [5.74, 6) is -0.0156. The third-order valence-electron chi connectivity index (χ3n) is 4.57. The largest absolute Gasteiger partial charge is 0.468 e. The SMILES string of the molecule is COC(=O)[C@]12CCC(=O)C=C1CCCC2(C)C. The summed E-state index contributed by atoms with van der Waals surface area (Å²) < 4.78 is 5.03. The van der Waals surface area contributed by atoms with Crippen molar-refractivity contribution in [2.75, 3.05) is 7.11 Å². The van der Waals surface area contributed by atoms with Crippen LogP contribution in [0.3, 0.4) is 0 Å². The summed E-state index contributed by atoms with van der Waals surface area (Å²) in [5, 5.41) is 0. The normalized spacial score (nSPS) is 31.5. The van der Waals surface area contributed by atoms with E-state index in [1.54, 1.807) is 6.08 Å². The van der Waals surface area contributed by atoms with Crippen LogP contribution in [0.4, 0.5) is 0 Å². The van der Waals surface area contributed by atoms with Crippen molar-refractivity contribution < 1.29 is 14.3 Å². The molecule has 0 saturated heterocycles. The van der Waals surface area contributed by atoms with Gasteiger partial charge in [0.2, 0.25) is 0 Å². The number of hydrogen-bond acceptors (Lipinski definition) is 3. The van der Waals surface area contributed by atoms with Gasteiger partial charge in [0.25, 0.3) is 0 Å². The molecule has 0 amide bonds. The molecule has 0 aromatic carbocycles. The predicted octanol–water partition coefficient (Wildman–Crippen LogP) is 2.65. The zero-order valence-corrected chi connectivity index (χ0v) is 10.8. The lowest BCUT2D eigenvalue weighted by atomic mass is 9.52. The molecule has 0 aliphatic heterocycles. The summed E-state index contributed by atoms with van der Waals surface area (Å²) in [5.41, 5.74) is 0.315. The fraction of sp³-hybridized carbons (Fsp3) is 0.714. The second kappa shape index (κ2) is 3.97. The van der Waals surface area contributed by atoms with Crippen molar-refractivity contribution in [3.8, 4) is 0 Å². The molecule has 0 bridgehead atoms. The van der Waals surface area contributed by atoms with Gasteiger partial charge in [-0.25, -0.2) is 0 Å². The third-order valence-corrected chi connectivity index (χ3v) is 4.57. The minimum absolute atomic E-state index is 0.120. The molecular formula is C14H20O3. The quantitative estimate of drug-likeness (QED) is 0.657. The van der Waals surface area contributed by atoms with Gasteiger partial charge in [-0.15, -0.1) is 0 Å². The first-order chi connectivity index (χ1) is 7.94. The second-order valence-electron chi connectivity index (χ2n) is 5.77. The van der Waals surface area contributed by atoms with E-state index < -0.39 is 5.41 Å². The van der Waals surface area contributed by atoms with Gasteiger partial charge in [-0.05, 0) is 42.7 Å². The van der Waals surface area contributed by atoms with E-state index in [0.29, 0.717) is 12.8 Å². The van der Waals surface area contributed by atoms with Gasteiger partial charge in [0.05, 0.1) is 12.5 Å². The molecule has 2 aliphatic rings. The summed E-state index contributed by atoms with van der Waals surface area (Å²) in [4.78, 5) is 23.8. The topological polar surface area (TPSA) is 43.4 Å². The van der Waals surface area contributed by atoms with Crippen LogP contribution in [0.15, 0.2) is 11.6 Å². The van der Waals surface area contributed by atoms with Crippen LogP contribution < -0.4 is 0 Å². The molecule has 0 radical (unpaired) electrons. The highest BCUT2D eigenvalue weighted by molar-refractivity contribution is 5.95. The fourth-order valence-corrected chi connectivity index (χ4v) is 3.54. The molecule has 0 unspecified atom stereocenters. The standard InChI is InChI=1S/C14H20O3/c1-13(2)7-4-5-10-9-11(15)6-8-14(10,13)12(16)17-3/h9H,4-8H2,1-3H3/t14-/m0/s1. The molecule has 0 heterocycles. The van der Waals surface area contributed by atoms with Crippen LogP contribution in [0.25, 0.3) is 0 Å². The van der Waals surface area contributed by atoms with Gasteiger partial charge in [0.15, 0.2) is 5.78 Å². The van der Waals surface area contributed by atoms with Crippen molar-refractivity contribution in [2.24, 2.45) is 10.8 Å². The number of carbonyl (C=O) groups excluding carboxylic acids is 2. The highest BCUT2D eigenvalue weighted by atomic mass is 16.5. The molecule has 0 N–H and O–H groups in total. The molecule has 1 atom stereocenters. The Labute approximate surface area is 102 Å². The van der Waals surface area contributed by atoms with Crippen molar-refractivity contribution in [3.63, 3.8) is 0 Å². The molecule has 0 aromatic heterocycles. The van der Waals surface area contributed by atoms with Gasteiger partial charge >= 0.3 is 5.97 Å². The van der Waals surface area contributed by atoms with Crippen molar-refractivity contribution in [1.29, 1.82) is 0 Å². The number of hydrogen-bond donors (Lipinski definition) is 0. The third kappa shape index (κ3) is 1.63. The monoisotopic (exact) mass is 236 g/mol. The van der Waals surface area contributed by atoms with Crippen LogP contribution in [0.5, 0.6) is 0 Å². The molecule has 0 spiro atoms. The minimum atomic E-state index is -0.562. The van der Waals surface area contributed by atoms with E-state index in [-0.39, 0.29) is 17.2 Å². The van der Waals surface area contributed by atoms with Gasteiger partial charge in [0.1, 0.15) is 0 Å². The van der Waals surface area contributed by atoms with Crippen molar-refractivity contribution in [2.45, 2.75) is 46.0 Å². The van der Waals surface area contributed by atoms with Crippen LogP contribution in [0, 0.1) is 10.8 Å². The molecule has 0 aromatic rings. The van der Waals surface area contributed by atoms with Crippen LogP contribution in [0.2, 0.25) is 0 Å². The van der Waals surface area contributed by atoms with E-state index >= 15 is 0 Å². The molecule has 1 fully saturated rings. The van der Waals surface area contributed by atoms with Crippen molar-refractivity contribution >= 4 is 11.8 Å². The van der Waals surface area contributed by atoms with Crippen LogP contribution in [0.1, 0.15) is 46.0 Å². The lowest BCUT2D eigenvalue weighted by Crippen LogP contribution is -2.50. The molecule has 2 rings (SSSR count). The van der Waals surface area contributed by atoms with E-state index in [9.17, 15) is 9.59 Å². The van der Waals surface area contributed by atoms with Crippen LogP contribution in [-0.2, 0) is 14.3 Å². The number of ketones is 1. The Hall–Kier alpha value is -1.12. The van der Waals surface area contributed by atoms with Gasteiger partial charge < -0.3 is 4.74 Å². The van der Waals surface area contributed by atoms with E-state index in [1.165, 1.54) is 7.11 Å². The lowest BCUT2D eigenvalue weighted by Gasteiger charge is -2.51. The van der Waals surface area contributed by atoms with Crippen LogP contribution >= 0.6 is 0 Å². The number of fused-ring (bicyclic) bond motifs is 1. The first-order valence-corrected chi connectivity index (χ1v) is 6.26. The Balaban J connectivity index is 2.55. The molecule has 3 heteroatoms. The summed E-state index contributed by atoms with van der Waals surface area (Å²) in [6.45, 7) is 4.24. The zero-order chi connectivity index (χ0) is 12.7. The van der Waals surface area contributed by atoms with Gasteiger partial charge in [-0.3, -0.25) is 9.59 Å². The molecule has 2 aliphatic carbocycles. The van der Waals surface area contributed by atoms with Gasteiger partial charge in [0, 0.05) is 6.42 Å². The zero-order valence-electron chi connectivity index (χ0n) is 10.8. The maximum atomic E-state index is 12.3. The average Bonchev–Trinajstić information content (AvgIpc) is 2.27. The van der Waals surface area contributed by atoms with Gasteiger partial charge in [-0.1, -0.05) is 13.8 Å². The Kier molecular flexibility index (Phi) is 2.88. The number of rotatable bonds is 1. The fourth-order valence-electron chi connectivity index (χ4n) is 3.54. The van der Waals surface area contributed by atoms with E-state index in [4.69, 9.17) is 4.74 Å². The van der Waals surface area contributed by atoms with Crippen LogP contribution in [-0.4, -0.2) is 18.9 Å². The summed E-state index contributed by atoms with van der Waals surface area (Å²) in [6.07, 6.45) is 5.67. The summed E-state index contributed by atoms with van der Waals surface area (Å²) in [6, 6.07) is 0. The number of ether oxygens (including phenoxy) is 1. The van der Waals surface area contributed by atoms with Crippen molar-refractivity contribution in [3.05, 3.63) is 11.6 Å². The summed E-state index contributed by atoms with van der Waals surface area (Å²) >= 11 is 0. The maximum Gasteiger partial charge on any atom is 0.316 e. The highest BCUT2D eigenvalue weighted by Crippen LogP contribution is 2.57. The molecular weight excluding hydrogens is 216 g/mol. The Morgan fingerprint density at radius 3 is 2.65 bits per heavy atom. The van der Waals surface area contributed by atoms with Crippen molar-refractivity contribution in [1.82, 2.24) is 0 Å². The lowest BCUT2D eigenvalue weighted by molar-refractivity contribution is -0.160. The Morgan fingerprint density at radius 1 is 1.29 bits per heavy atom. The average molecular weight is 236 g/mol. The predicted molar refractivity (Wildman–Crippen MR) is 64.4 cm³/mol. The minimum Gasteiger partial charge on any atom is -0.468 e. The van der Waals surface area contributed by atoms with Gasteiger partial charge in [-0.2, -0.15) is 0 Å². The van der Waals surface area contributed by atoms with E-state index in [2.05, 4.69) is 13.8 Å². The number of allylic oxidation sites excluding steroid dienone is 1. The number of methoxy groups -OCH3 is 1. The van der Waals surface area contributed by atoms with E-state index in [1.807, 2.05) is 0 Å². The highest BCUT2D eigenvalue weighted by Gasteiger charge is 2.56. The molecule has 1 saturated carbocycles. The number of esters is 1. The maximum absolute atomic E-state index is 12.3. The first kappa shape index (κ1) is 12.3. The summed E-state index contributed by atoms with van der Waals surface area (Å²) in [7, 11) is 1.44.